The Hall–Kier alpha value is -0.570. The molecule has 0 spiro atoms. The molecule has 1 aliphatic heterocycles. The highest BCUT2D eigenvalue weighted by Gasteiger charge is 2.33. The summed E-state index contributed by atoms with van der Waals surface area (Å²) in [6.45, 7) is 6.81. The van der Waals surface area contributed by atoms with E-state index in [1.165, 1.54) is 25.7 Å². The second-order valence-electron chi connectivity index (χ2n) is 6.75. The Balaban J connectivity index is 1.72. The maximum atomic E-state index is 12.0. The lowest BCUT2D eigenvalue weighted by Gasteiger charge is -2.39. The molecule has 1 amide bonds. The van der Waals surface area contributed by atoms with Crippen molar-refractivity contribution in [3.63, 3.8) is 0 Å². The Morgan fingerprint density at radius 2 is 2.17 bits per heavy atom. The quantitative estimate of drug-likeness (QED) is 0.807. The minimum absolute atomic E-state index is 0.266. The molecule has 0 aromatic heterocycles. The SMILES string of the molecule is CC1(C)CCCCC1NC(=O)CCC1CCNC1. The van der Waals surface area contributed by atoms with E-state index in [0.717, 1.165) is 31.8 Å². The number of carbonyl (C=O) groups is 1. The topological polar surface area (TPSA) is 41.1 Å². The van der Waals surface area contributed by atoms with Crippen LogP contribution in [0.3, 0.4) is 0 Å². The number of amides is 1. The molecule has 2 rings (SSSR count). The zero-order valence-electron chi connectivity index (χ0n) is 11.9. The monoisotopic (exact) mass is 252 g/mol. The maximum absolute atomic E-state index is 12.0. The van der Waals surface area contributed by atoms with Crippen LogP contribution in [0.15, 0.2) is 0 Å². The fourth-order valence-corrected chi connectivity index (χ4v) is 3.32. The van der Waals surface area contributed by atoms with Crippen LogP contribution >= 0.6 is 0 Å². The van der Waals surface area contributed by atoms with Gasteiger partial charge in [0.05, 0.1) is 0 Å². The van der Waals surface area contributed by atoms with Gasteiger partial charge in [-0.3, -0.25) is 4.79 Å². The van der Waals surface area contributed by atoms with Crippen LogP contribution in [0.25, 0.3) is 0 Å². The first-order chi connectivity index (χ1) is 8.58. The molecule has 0 bridgehead atoms. The molecule has 1 saturated heterocycles. The lowest BCUT2D eigenvalue weighted by molar-refractivity contribution is -0.123. The average Bonchev–Trinajstić information content (AvgIpc) is 2.82. The van der Waals surface area contributed by atoms with Crippen molar-refractivity contribution in [2.45, 2.75) is 64.8 Å². The van der Waals surface area contributed by atoms with E-state index in [9.17, 15) is 4.79 Å². The molecule has 2 unspecified atom stereocenters. The zero-order chi connectivity index (χ0) is 13.0. The van der Waals surface area contributed by atoms with Crippen LogP contribution < -0.4 is 10.6 Å². The Morgan fingerprint density at radius 1 is 1.33 bits per heavy atom. The summed E-state index contributed by atoms with van der Waals surface area (Å²) in [5.74, 6) is 0.983. The van der Waals surface area contributed by atoms with Gasteiger partial charge in [-0.1, -0.05) is 26.7 Å². The van der Waals surface area contributed by atoms with Crippen molar-refractivity contribution in [1.82, 2.24) is 10.6 Å². The van der Waals surface area contributed by atoms with Crippen molar-refractivity contribution in [1.29, 1.82) is 0 Å². The van der Waals surface area contributed by atoms with Crippen LogP contribution in [-0.4, -0.2) is 25.0 Å². The van der Waals surface area contributed by atoms with E-state index in [4.69, 9.17) is 0 Å². The van der Waals surface area contributed by atoms with Gasteiger partial charge in [0, 0.05) is 12.5 Å². The highest BCUT2D eigenvalue weighted by atomic mass is 16.1. The van der Waals surface area contributed by atoms with E-state index >= 15 is 0 Å². The molecule has 2 fully saturated rings. The molecule has 18 heavy (non-hydrogen) atoms. The second kappa shape index (κ2) is 6.05. The van der Waals surface area contributed by atoms with Gasteiger partial charge in [0.2, 0.25) is 5.91 Å². The lowest BCUT2D eigenvalue weighted by Crippen LogP contribution is -2.46. The van der Waals surface area contributed by atoms with Crippen LogP contribution in [0.5, 0.6) is 0 Å². The molecule has 2 N–H and O–H groups in total. The van der Waals surface area contributed by atoms with Crippen molar-refractivity contribution >= 4 is 5.91 Å². The van der Waals surface area contributed by atoms with Gasteiger partial charge < -0.3 is 10.6 Å². The third-order valence-electron chi connectivity index (χ3n) is 4.78. The highest BCUT2D eigenvalue weighted by molar-refractivity contribution is 5.76. The van der Waals surface area contributed by atoms with Gasteiger partial charge in [0.25, 0.3) is 0 Å². The zero-order valence-corrected chi connectivity index (χ0v) is 11.9. The van der Waals surface area contributed by atoms with E-state index in [-0.39, 0.29) is 11.3 Å². The summed E-state index contributed by atoms with van der Waals surface area (Å²) in [5, 5.41) is 6.63. The van der Waals surface area contributed by atoms with Gasteiger partial charge in [-0.25, -0.2) is 0 Å². The molecule has 2 atom stereocenters. The first-order valence-electron chi connectivity index (χ1n) is 7.58. The molecule has 1 aliphatic carbocycles. The Labute approximate surface area is 111 Å². The highest BCUT2D eigenvalue weighted by Crippen LogP contribution is 2.35. The summed E-state index contributed by atoms with van der Waals surface area (Å²) in [6, 6.07) is 0.389. The number of rotatable bonds is 4. The number of hydrogen-bond acceptors (Lipinski definition) is 2. The lowest BCUT2D eigenvalue weighted by atomic mass is 9.73. The Morgan fingerprint density at radius 3 is 2.83 bits per heavy atom. The van der Waals surface area contributed by atoms with Crippen molar-refractivity contribution in [2.24, 2.45) is 11.3 Å². The maximum Gasteiger partial charge on any atom is 0.220 e. The predicted molar refractivity (Wildman–Crippen MR) is 74.4 cm³/mol. The summed E-state index contributed by atoms with van der Waals surface area (Å²) in [7, 11) is 0. The van der Waals surface area contributed by atoms with Crippen molar-refractivity contribution in [3.05, 3.63) is 0 Å². The van der Waals surface area contributed by atoms with Crippen LogP contribution in [0.4, 0.5) is 0 Å². The van der Waals surface area contributed by atoms with E-state index in [1.54, 1.807) is 0 Å². The summed E-state index contributed by atoms with van der Waals surface area (Å²) >= 11 is 0. The van der Waals surface area contributed by atoms with E-state index in [2.05, 4.69) is 24.5 Å². The van der Waals surface area contributed by atoms with Gasteiger partial charge in [0.1, 0.15) is 0 Å². The molecule has 0 aromatic rings. The third-order valence-corrected chi connectivity index (χ3v) is 4.78. The van der Waals surface area contributed by atoms with Crippen LogP contribution in [-0.2, 0) is 4.79 Å². The van der Waals surface area contributed by atoms with E-state index in [0.29, 0.717) is 12.5 Å². The fraction of sp³-hybridized carbons (Fsp3) is 0.933. The Bertz CT molecular complexity index is 282. The van der Waals surface area contributed by atoms with Gasteiger partial charge >= 0.3 is 0 Å². The summed E-state index contributed by atoms with van der Waals surface area (Å²) in [5.41, 5.74) is 0.281. The van der Waals surface area contributed by atoms with Crippen molar-refractivity contribution in [2.75, 3.05) is 13.1 Å². The largest absolute Gasteiger partial charge is 0.353 e. The first kappa shape index (κ1) is 13.9. The molecule has 3 heteroatoms. The molecule has 3 nitrogen and oxygen atoms in total. The van der Waals surface area contributed by atoms with Crippen LogP contribution in [0, 0.1) is 11.3 Å². The van der Waals surface area contributed by atoms with E-state index < -0.39 is 0 Å². The van der Waals surface area contributed by atoms with Gasteiger partial charge in [-0.2, -0.15) is 0 Å². The molecule has 2 aliphatic rings. The molecule has 104 valence electrons. The predicted octanol–water partition coefficient (Wildman–Crippen LogP) is 2.46. The normalized spacial score (nSPS) is 31.2. The number of nitrogens with one attached hydrogen (secondary N) is 2. The molecular weight excluding hydrogens is 224 g/mol. The van der Waals surface area contributed by atoms with Crippen molar-refractivity contribution < 1.29 is 4.79 Å². The molecule has 0 radical (unpaired) electrons. The molecular formula is C15H28N2O. The smallest absolute Gasteiger partial charge is 0.220 e. The summed E-state index contributed by atoms with van der Waals surface area (Å²) in [6.07, 6.45) is 7.97. The number of carbonyl (C=O) groups excluding carboxylic acids is 1. The average molecular weight is 252 g/mol. The Kier molecular flexibility index (Phi) is 4.66. The van der Waals surface area contributed by atoms with Gasteiger partial charge in [-0.15, -0.1) is 0 Å². The summed E-state index contributed by atoms with van der Waals surface area (Å²) in [4.78, 5) is 12.0. The summed E-state index contributed by atoms with van der Waals surface area (Å²) < 4.78 is 0. The molecule has 1 heterocycles. The molecule has 0 aromatic carbocycles. The van der Waals surface area contributed by atoms with Gasteiger partial charge in [0.15, 0.2) is 0 Å². The van der Waals surface area contributed by atoms with Crippen LogP contribution in [0.2, 0.25) is 0 Å². The second-order valence-corrected chi connectivity index (χ2v) is 6.75. The van der Waals surface area contributed by atoms with E-state index in [1.807, 2.05) is 0 Å². The first-order valence-corrected chi connectivity index (χ1v) is 7.58. The fourth-order valence-electron chi connectivity index (χ4n) is 3.32. The minimum atomic E-state index is 0.266. The minimum Gasteiger partial charge on any atom is -0.353 e. The van der Waals surface area contributed by atoms with Gasteiger partial charge in [-0.05, 0) is 50.1 Å². The number of hydrogen-bond donors (Lipinski definition) is 2. The standard InChI is InChI=1S/C15H28N2O/c1-15(2)9-4-3-5-13(15)17-14(18)7-6-12-8-10-16-11-12/h12-13,16H,3-11H2,1-2H3,(H,17,18). The third kappa shape index (κ3) is 3.71. The van der Waals surface area contributed by atoms with Crippen molar-refractivity contribution in [3.8, 4) is 0 Å². The molecule has 1 saturated carbocycles. The van der Waals surface area contributed by atoms with Crippen LogP contribution in [0.1, 0.15) is 58.8 Å².